The van der Waals surface area contributed by atoms with Crippen molar-refractivity contribution in [2.45, 2.75) is 6.92 Å². The standard InChI is InChI=1S/C26H20F2N2O3/c1-16-13-19(10-11-22(16)28)33-24-14-18(27)9-12-23(24)30-25(31)15-29-26(32)21-8-4-6-17-5-2-3-7-20(17)21/h2-14H,15H2,1H3,(H,29,32)(H,30,31). The first-order valence-electron chi connectivity index (χ1n) is 10.2. The lowest BCUT2D eigenvalue weighted by Crippen LogP contribution is -2.33. The molecule has 0 saturated heterocycles. The first-order valence-corrected chi connectivity index (χ1v) is 10.2. The first kappa shape index (κ1) is 22.0. The van der Waals surface area contributed by atoms with Crippen molar-refractivity contribution in [3.05, 3.63) is 102 Å². The number of rotatable bonds is 6. The van der Waals surface area contributed by atoms with Gasteiger partial charge in [-0.2, -0.15) is 0 Å². The summed E-state index contributed by atoms with van der Waals surface area (Å²) in [6.45, 7) is 1.28. The van der Waals surface area contributed by atoms with E-state index < -0.39 is 17.5 Å². The number of benzene rings is 4. The molecular weight excluding hydrogens is 426 g/mol. The van der Waals surface area contributed by atoms with Gasteiger partial charge in [0, 0.05) is 11.6 Å². The molecule has 7 heteroatoms. The molecule has 0 aliphatic heterocycles. The van der Waals surface area contributed by atoms with Crippen LogP contribution in [-0.2, 0) is 4.79 Å². The van der Waals surface area contributed by atoms with Crippen molar-refractivity contribution in [2.24, 2.45) is 0 Å². The Hall–Kier alpha value is -4.26. The second-order valence-electron chi connectivity index (χ2n) is 7.41. The minimum atomic E-state index is -0.564. The number of carbonyl (C=O) groups excluding carboxylic acids is 2. The van der Waals surface area contributed by atoms with Gasteiger partial charge in [0.15, 0.2) is 5.75 Å². The maximum absolute atomic E-state index is 13.8. The van der Waals surface area contributed by atoms with E-state index in [2.05, 4.69) is 10.6 Å². The summed E-state index contributed by atoms with van der Waals surface area (Å²) >= 11 is 0. The van der Waals surface area contributed by atoms with Gasteiger partial charge in [0.2, 0.25) is 5.91 Å². The Morgan fingerprint density at radius 1 is 0.909 bits per heavy atom. The molecule has 0 bridgehead atoms. The number of hydrogen-bond donors (Lipinski definition) is 2. The second kappa shape index (κ2) is 9.48. The van der Waals surface area contributed by atoms with E-state index in [4.69, 9.17) is 4.74 Å². The molecule has 0 fully saturated rings. The molecule has 0 heterocycles. The van der Waals surface area contributed by atoms with Gasteiger partial charge in [0.05, 0.1) is 12.2 Å². The molecule has 0 aromatic heterocycles. The van der Waals surface area contributed by atoms with Crippen LogP contribution in [0.25, 0.3) is 10.8 Å². The summed E-state index contributed by atoms with van der Waals surface area (Å²) in [6, 6.07) is 20.6. The van der Waals surface area contributed by atoms with Crippen molar-refractivity contribution < 1.29 is 23.1 Å². The lowest BCUT2D eigenvalue weighted by molar-refractivity contribution is -0.115. The van der Waals surface area contributed by atoms with Crippen LogP contribution in [0.1, 0.15) is 15.9 Å². The summed E-state index contributed by atoms with van der Waals surface area (Å²) in [7, 11) is 0. The quantitative estimate of drug-likeness (QED) is 0.406. The molecule has 0 aliphatic carbocycles. The van der Waals surface area contributed by atoms with Gasteiger partial charge in [0.25, 0.3) is 5.91 Å². The van der Waals surface area contributed by atoms with Crippen LogP contribution < -0.4 is 15.4 Å². The van der Waals surface area contributed by atoms with Crippen LogP contribution in [0.5, 0.6) is 11.5 Å². The zero-order valence-corrected chi connectivity index (χ0v) is 17.7. The molecule has 33 heavy (non-hydrogen) atoms. The molecule has 0 saturated carbocycles. The van der Waals surface area contributed by atoms with E-state index in [1.165, 1.54) is 30.3 Å². The number of fused-ring (bicyclic) bond motifs is 1. The molecule has 0 aliphatic rings. The summed E-state index contributed by atoms with van der Waals surface area (Å²) < 4.78 is 33.0. The molecule has 2 N–H and O–H groups in total. The third kappa shape index (κ3) is 5.15. The Morgan fingerprint density at radius 3 is 2.52 bits per heavy atom. The zero-order valence-electron chi connectivity index (χ0n) is 17.7. The molecule has 4 aromatic rings. The van der Waals surface area contributed by atoms with E-state index in [1.807, 2.05) is 30.3 Å². The zero-order chi connectivity index (χ0) is 23.4. The molecule has 4 aromatic carbocycles. The highest BCUT2D eigenvalue weighted by molar-refractivity contribution is 6.08. The molecule has 5 nitrogen and oxygen atoms in total. The van der Waals surface area contributed by atoms with Crippen molar-refractivity contribution in [2.75, 3.05) is 11.9 Å². The van der Waals surface area contributed by atoms with Gasteiger partial charge in [-0.05, 0) is 59.7 Å². The van der Waals surface area contributed by atoms with Crippen LogP contribution in [0.4, 0.5) is 14.5 Å². The average Bonchev–Trinajstić information content (AvgIpc) is 2.81. The van der Waals surface area contributed by atoms with Crippen LogP contribution >= 0.6 is 0 Å². The maximum Gasteiger partial charge on any atom is 0.252 e. The van der Waals surface area contributed by atoms with Crippen LogP contribution in [0.3, 0.4) is 0 Å². The third-order valence-electron chi connectivity index (χ3n) is 5.02. The fourth-order valence-electron chi connectivity index (χ4n) is 3.37. The van der Waals surface area contributed by atoms with Gasteiger partial charge in [-0.25, -0.2) is 8.78 Å². The summed E-state index contributed by atoms with van der Waals surface area (Å²) in [5.41, 5.74) is 1.03. The predicted octanol–water partition coefficient (Wildman–Crippen LogP) is 5.59. The minimum absolute atomic E-state index is 0.0507. The lowest BCUT2D eigenvalue weighted by atomic mass is 10.0. The molecule has 4 rings (SSSR count). The third-order valence-corrected chi connectivity index (χ3v) is 5.02. The Labute approximate surface area is 189 Å². The average molecular weight is 446 g/mol. The van der Waals surface area contributed by atoms with Gasteiger partial charge in [-0.3, -0.25) is 9.59 Å². The molecule has 0 atom stereocenters. The fourth-order valence-corrected chi connectivity index (χ4v) is 3.37. The van der Waals surface area contributed by atoms with Crippen LogP contribution in [0.15, 0.2) is 78.9 Å². The molecule has 2 amide bonds. The topological polar surface area (TPSA) is 67.4 Å². The number of anilines is 1. The Balaban J connectivity index is 1.45. The first-order chi connectivity index (χ1) is 15.9. The maximum atomic E-state index is 13.8. The van der Waals surface area contributed by atoms with Crippen molar-refractivity contribution in [3.8, 4) is 11.5 Å². The summed E-state index contributed by atoms with van der Waals surface area (Å²) in [4.78, 5) is 25.1. The molecular formula is C26H20F2N2O3. The summed E-state index contributed by atoms with van der Waals surface area (Å²) in [5, 5.41) is 6.90. The van der Waals surface area contributed by atoms with Crippen LogP contribution in [0, 0.1) is 18.6 Å². The number of carbonyl (C=O) groups is 2. The molecule has 0 unspecified atom stereocenters. The van der Waals surface area contributed by atoms with Crippen molar-refractivity contribution in [3.63, 3.8) is 0 Å². The molecule has 0 spiro atoms. The number of amides is 2. The smallest absolute Gasteiger partial charge is 0.252 e. The summed E-state index contributed by atoms with van der Waals surface area (Å²) in [6.07, 6.45) is 0. The number of aryl methyl sites for hydroxylation is 1. The highest BCUT2D eigenvalue weighted by Crippen LogP contribution is 2.31. The van der Waals surface area contributed by atoms with E-state index in [9.17, 15) is 18.4 Å². The van der Waals surface area contributed by atoms with E-state index >= 15 is 0 Å². The van der Waals surface area contributed by atoms with Gasteiger partial charge in [-0.1, -0.05) is 36.4 Å². The second-order valence-corrected chi connectivity index (χ2v) is 7.41. The van der Waals surface area contributed by atoms with E-state index in [0.29, 0.717) is 16.9 Å². The monoisotopic (exact) mass is 446 g/mol. The number of ether oxygens (including phenoxy) is 1. The minimum Gasteiger partial charge on any atom is -0.455 e. The fraction of sp³-hybridized carbons (Fsp3) is 0.0769. The van der Waals surface area contributed by atoms with Crippen molar-refractivity contribution >= 4 is 28.3 Å². The van der Waals surface area contributed by atoms with E-state index in [-0.39, 0.29) is 23.9 Å². The normalized spacial score (nSPS) is 10.6. The van der Waals surface area contributed by atoms with Crippen molar-refractivity contribution in [1.29, 1.82) is 0 Å². The van der Waals surface area contributed by atoms with Crippen LogP contribution in [-0.4, -0.2) is 18.4 Å². The predicted molar refractivity (Wildman–Crippen MR) is 123 cm³/mol. The lowest BCUT2D eigenvalue weighted by Gasteiger charge is -2.14. The number of hydrogen-bond acceptors (Lipinski definition) is 3. The molecule has 0 radical (unpaired) electrons. The molecule has 166 valence electrons. The Bertz CT molecular complexity index is 1350. The van der Waals surface area contributed by atoms with Crippen molar-refractivity contribution in [1.82, 2.24) is 5.32 Å². The van der Waals surface area contributed by atoms with Crippen LogP contribution in [0.2, 0.25) is 0 Å². The van der Waals surface area contributed by atoms with E-state index in [1.54, 1.807) is 19.1 Å². The number of halogens is 2. The van der Waals surface area contributed by atoms with Gasteiger partial charge >= 0.3 is 0 Å². The number of nitrogens with one attached hydrogen (secondary N) is 2. The van der Waals surface area contributed by atoms with Gasteiger partial charge in [-0.15, -0.1) is 0 Å². The summed E-state index contributed by atoms with van der Waals surface area (Å²) in [5.74, 6) is -1.52. The largest absolute Gasteiger partial charge is 0.455 e. The SMILES string of the molecule is Cc1cc(Oc2cc(F)ccc2NC(=O)CNC(=O)c2cccc3ccccc23)ccc1F. The Morgan fingerprint density at radius 2 is 1.70 bits per heavy atom. The highest BCUT2D eigenvalue weighted by atomic mass is 19.1. The van der Waals surface area contributed by atoms with Gasteiger partial charge in [0.1, 0.15) is 17.4 Å². The Kier molecular flexibility index (Phi) is 6.31. The van der Waals surface area contributed by atoms with Gasteiger partial charge < -0.3 is 15.4 Å². The van der Waals surface area contributed by atoms with E-state index in [0.717, 1.165) is 16.8 Å². The highest BCUT2D eigenvalue weighted by Gasteiger charge is 2.14.